The van der Waals surface area contributed by atoms with Gasteiger partial charge in [-0.3, -0.25) is 0 Å². The lowest BCUT2D eigenvalue weighted by molar-refractivity contribution is -0.156. The maximum atomic E-state index is 13.6. The van der Waals surface area contributed by atoms with Crippen LogP contribution in [0.4, 0.5) is 8.78 Å². The first-order chi connectivity index (χ1) is 7.93. The SMILES string of the molecule is Cc1ccc2c(c1)C(C(F)(F)C(=O)O)=CCC2. The molecule has 1 N–H and O–H groups in total. The van der Waals surface area contributed by atoms with Gasteiger partial charge in [0.1, 0.15) is 0 Å². The van der Waals surface area contributed by atoms with Crippen molar-refractivity contribution in [2.24, 2.45) is 0 Å². The molecule has 17 heavy (non-hydrogen) atoms. The van der Waals surface area contributed by atoms with Gasteiger partial charge in [0.05, 0.1) is 0 Å². The Kier molecular flexibility index (Phi) is 2.73. The fourth-order valence-corrected chi connectivity index (χ4v) is 2.05. The molecule has 2 rings (SSSR count). The molecule has 1 aliphatic rings. The van der Waals surface area contributed by atoms with Crippen molar-refractivity contribution in [3.05, 3.63) is 41.0 Å². The van der Waals surface area contributed by atoms with Gasteiger partial charge in [-0.05, 0) is 30.9 Å². The van der Waals surface area contributed by atoms with E-state index in [-0.39, 0.29) is 5.57 Å². The molecule has 1 aromatic carbocycles. The Labute approximate surface area is 97.6 Å². The third-order valence-corrected chi connectivity index (χ3v) is 2.92. The van der Waals surface area contributed by atoms with Crippen LogP contribution in [-0.4, -0.2) is 17.0 Å². The van der Waals surface area contributed by atoms with Crippen molar-refractivity contribution in [2.45, 2.75) is 25.7 Å². The second-order valence-electron chi connectivity index (χ2n) is 4.20. The number of alkyl halides is 2. The van der Waals surface area contributed by atoms with Gasteiger partial charge in [0.2, 0.25) is 0 Å². The third kappa shape index (κ3) is 1.95. The Morgan fingerprint density at radius 1 is 1.41 bits per heavy atom. The summed E-state index contributed by atoms with van der Waals surface area (Å²) in [6, 6.07) is 5.26. The van der Waals surface area contributed by atoms with Crippen LogP contribution in [0, 0.1) is 6.92 Å². The first kappa shape index (κ1) is 11.8. The molecule has 1 aromatic rings. The molecule has 0 aliphatic heterocycles. The van der Waals surface area contributed by atoms with Gasteiger partial charge in [0.25, 0.3) is 0 Å². The van der Waals surface area contributed by atoms with Crippen molar-refractivity contribution in [1.29, 1.82) is 0 Å². The Morgan fingerprint density at radius 3 is 2.76 bits per heavy atom. The second-order valence-corrected chi connectivity index (χ2v) is 4.20. The molecular weight excluding hydrogens is 226 g/mol. The number of carbonyl (C=O) groups is 1. The summed E-state index contributed by atoms with van der Waals surface area (Å²) in [5.74, 6) is -5.92. The van der Waals surface area contributed by atoms with Gasteiger partial charge in [0, 0.05) is 5.57 Å². The topological polar surface area (TPSA) is 37.3 Å². The van der Waals surface area contributed by atoms with Crippen LogP contribution < -0.4 is 0 Å². The average Bonchev–Trinajstić information content (AvgIpc) is 2.27. The standard InChI is InChI=1S/C13H12F2O2/c1-8-5-6-9-3-2-4-11(10(9)7-8)13(14,15)12(16)17/h4-7H,2-3H2,1H3,(H,16,17). The van der Waals surface area contributed by atoms with E-state index in [0.717, 1.165) is 11.1 Å². The van der Waals surface area contributed by atoms with Gasteiger partial charge in [-0.2, -0.15) is 8.78 Å². The zero-order valence-electron chi connectivity index (χ0n) is 9.34. The van der Waals surface area contributed by atoms with Crippen molar-refractivity contribution in [3.8, 4) is 0 Å². The number of halogens is 2. The highest BCUT2D eigenvalue weighted by atomic mass is 19.3. The van der Waals surface area contributed by atoms with Gasteiger partial charge in [-0.15, -0.1) is 0 Å². The van der Waals surface area contributed by atoms with Crippen LogP contribution in [0.25, 0.3) is 5.57 Å². The lowest BCUT2D eigenvalue weighted by Crippen LogP contribution is -2.31. The predicted molar refractivity (Wildman–Crippen MR) is 60.1 cm³/mol. The van der Waals surface area contributed by atoms with Crippen LogP contribution >= 0.6 is 0 Å². The van der Waals surface area contributed by atoms with Crippen LogP contribution in [-0.2, 0) is 11.2 Å². The molecule has 0 saturated carbocycles. The Hall–Kier alpha value is -1.71. The van der Waals surface area contributed by atoms with Gasteiger partial charge >= 0.3 is 11.9 Å². The van der Waals surface area contributed by atoms with Crippen LogP contribution in [0.3, 0.4) is 0 Å². The maximum Gasteiger partial charge on any atom is 0.379 e. The number of aryl methyl sites for hydroxylation is 2. The van der Waals surface area contributed by atoms with Crippen molar-refractivity contribution >= 4 is 11.5 Å². The van der Waals surface area contributed by atoms with Crippen molar-refractivity contribution in [2.75, 3.05) is 0 Å². The van der Waals surface area contributed by atoms with Gasteiger partial charge < -0.3 is 5.11 Å². The van der Waals surface area contributed by atoms with Gasteiger partial charge in [-0.1, -0.05) is 29.8 Å². The normalized spacial score (nSPS) is 15.1. The van der Waals surface area contributed by atoms with E-state index >= 15 is 0 Å². The number of carboxylic acid groups (broad SMARTS) is 1. The Bertz CT molecular complexity index is 504. The number of hydrogen-bond donors (Lipinski definition) is 1. The molecule has 0 aromatic heterocycles. The molecule has 0 bridgehead atoms. The quantitative estimate of drug-likeness (QED) is 0.859. The lowest BCUT2D eigenvalue weighted by Gasteiger charge is -2.22. The number of fused-ring (bicyclic) bond motifs is 1. The zero-order chi connectivity index (χ0) is 12.6. The van der Waals surface area contributed by atoms with Crippen LogP contribution in [0.15, 0.2) is 24.3 Å². The molecule has 0 unspecified atom stereocenters. The molecule has 1 aliphatic carbocycles. The van der Waals surface area contributed by atoms with Crippen molar-refractivity contribution in [1.82, 2.24) is 0 Å². The summed E-state index contributed by atoms with van der Waals surface area (Å²) in [5, 5.41) is 8.60. The van der Waals surface area contributed by atoms with E-state index < -0.39 is 11.9 Å². The van der Waals surface area contributed by atoms with E-state index in [1.807, 2.05) is 6.07 Å². The zero-order valence-corrected chi connectivity index (χ0v) is 9.34. The highest BCUT2D eigenvalue weighted by Gasteiger charge is 2.44. The minimum Gasteiger partial charge on any atom is -0.477 e. The highest BCUT2D eigenvalue weighted by Crippen LogP contribution is 2.38. The van der Waals surface area contributed by atoms with Gasteiger partial charge in [-0.25, -0.2) is 4.79 Å². The summed E-state index contributed by atoms with van der Waals surface area (Å²) in [6.45, 7) is 1.80. The largest absolute Gasteiger partial charge is 0.477 e. The molecule has 90 valence electrons. The monoisotopic (exact) mass is 238 g/mol. The average molecular weight is 238 g/mol. The Morgan fingerprint density at radius 2 is 2.12 bits per heavy atom. The van der Waals surface area contributed by atoms with E-state index in [1.165, 1.54) is 6.08 Å². The molecule has 2 nitrogen and oxygen atoms in total. The number of benzene rings is 1. The molecule has 0 atom stereocenters. The van der Waals surface area contributed by atoms with E-state index in [0.29, 0.717) is 18.4 Å². The number of carboxylic acids is 1. The fraction of sp³-hybridized carbons (Fsp3) is 0.308. The molecule has 4 heteroatoms. The number of hydrogen-bond acceptors (Lipinski definition) is 1. The van der Waals surface area contributed by atoms with Gasteiger partial charge in [0.15, 0.2) is 0 Å². The highest BCUT2D eigenvalue weighted by molar-refractivity contribution is 5.94. The molecule has 0 amide bonds. The molecule has 0 fully saturated rings. The molecule has 0 saturated heterocycles. The Balaban J connectivity index is 2.55. The predicted octanol–water partition coefficient (Wildman–Crippen LogP) is 3.04. The van der Waals surface area contributed by atoms with Crippen molar-refractivity contribution < 1.29 is 18.7 Å². The maximum absolute atomic E-state index is 13.6. The lowest BCUT2D eigenvalue weighted by atomic mass is 9.86. The molecular formula is C13H12F2O2. The molecule has 0 heterocycles. The smallest absolute Gasteiger partial charge is 0.379 e. The van der Waals surface area contributed by atoms with E-state index in [4.69, 9.17) is 5.11 Å². The minimum absolute atomic E-state index is 0.364. The third-order valence-electron chi connectivity index (χ3n) is 2.92. The van der Waals surface area contributed by atoms with Crippen LogP contribution in [0.1, 0.15) is 23.1 Å². The van der Waals surface area contributed by atoms with E-state index in [9.17, 15) is 13.6 Å². The summed E-state index contributed by atoms with van der Waals surface area (Å²) in [6.07, 6.45) is 2.46. The number of rotatable bonds is 2. The summed E-state index contributed by atoms with van der Waals surface area (Å²) < 4.78 is 27.1. The number of allylic oxidation sites excluding steroid dienone is 1. The van der Waals surface area contributed by atoms with Crippen LogP contribution in [0.2, 0.25) is 0 Å². The van der Waals surface area contributed by atoms with Crippen molar-refractivity contribution in [3.63, 3.8) is 0 Å². The summed E-state index contributed by atoms with van der Waals surface area (Å²) in [4.78, 5) is 10.6. The van der Waals surface area contributed by atoms with E-state index in [1.54, 1.807) is 19.1 Å². The van der Waals surface area contributed by atoms with E-state index in [2.05, 4.69) is 0 Å². The van der Waals surface area contributed by atoms with Crippen LogP contribution in [0.5, 0.6) is 0 Å². The second kappa shape index (κ2) is 3.95. The number of aliphatic carboxylic acids is 1. The molecule has 0 spiro atoms. The fourth-order valence-electron chi connectivity index (χ4n) is 2.05. The summed E-state index contributed by atoms with van der Waals surface area (Å²) >= 11 is 0. The summed E-state index contributed by atoms with van der Waals surface area (Å²) in [7, 11) is 0. The first-order valence-corrected chi connectivity index (χ1v) is 5.34. The molecule has 0 radical (unpaired) electrons. The minimum atomic E-state index is -3.82. The summed E-state index contributed by atoms with van der Waals surface area (Å²) in [5.41, 5.74) is 1.62. The first-order valence-electron chi connectivity index (χ1n) is 5.34.